The topological polar surface area (TPSA) is 202 Å². The molecule has 0 aromatic heterocycles. The van der Waals surface area contributed by atoms with E-state index in [0.717, 1.165) is 25.7 Å². The van der Waals surface area contributed by atoms with E-state index in [1.807, 2.05) is 24.3 Å². The number of nitrogens with zero attached hydrogens (tertiary/aromatic N) is 2. The number of fused-ring (bicyclic) bond motifs is 4. The van der Waals surface area contributed by atoms with Crippen LogP contribution in [0.1, 0.15) is 83.8 Å². The van der Waals surface area contributed by atoms with Crippen LogP contribution in [0.15, 0.2) is 30.3 Å². The fraction of sp³-hybridized carbons (Fsp3) is 0.683. The fourth-order valence-electron chi connectivity index (χ4n) is 8.85. The van der Waals surface area contributed by atoms with E-state index in [4.69, 9.17) is 23.8 Å². The van der Waals surface area contributed by atoms with Gasteiger partial charge in [0, 0.05) is 44.8 Å². The fourth-order valence-corrected chi connectivity index (χ4v) is 8.85. The van der Waals surface area contributed by atoms with Crippen molar-refractivity contribution in [3.05, 3.63) is 41.5 Å². The zero-order valence-corrected chi connectivity index (χ0v) is 33.5. The van der Waals surface area contributed by atoms with E-state index in [0.29, 0.717) is 11.1 Å². The highest BCUT2D eigenvalue weighted by Gasteiger charge is 2.78. The standard InChI is InChI=1S/C41H56N4O12/c1-22(47)31(36(50)42-27(21-46)16-18-30(49)54-39(2,3)4)43-38(52)40-19-28-32-33(56-41(55-32,25-12-13-25)26-14-15-26)35(40)57-45(34(40)37(51)53-28)20-24-10-8-7-9-23(24)11-17-29(48)44(5)6/h7-11,17,22,25-28,31-35,46-47H,12-16,18-21H2,1-6H3,(H,42,50)(H,43,52). The van der Waals surface area contributed by atoms with Crippen LogP contribution in [0.2, 0.25) is 0 Å². The molecular formula is C41H56N4O12. The van der Waals surface area contributed by atoms with Gasteiger partial charge in [0.15, 0.2) is 11.8 Å². The molecule has 9 atom stereocenters. The van der Waals surface area contributed by atoms with Crippen molar-refractivity contribution in [3.8, 4) is 0 Å². The molecular weight excluding hydrogens is 740 g/mol. The lowest BCUT2D eigenvalue weighted by Gasteiger charge is -2.49. The maximum absolute atomic E-state index is 15.0. The van der Waals surface area contributed by atoms with Crippen LogP contribution in [0.25, 0.3) is 6.08 Å². The molecule has 4 N–H and O–H groups in total. The van der Waals surface area contributed by atoms with Gasteiger partial charge in [0.1, 0.15) is 41.5 Å². The monoisotopic (exact) mass is 796 g/mol. The summed E-state index contributed by atoms with van der Waals surface area (Å²) in [6, 6.07) is 3.64. The molecule has 7 rings (SSSR count). The van der Waals surface area contributed by atoms with Crippen LogP contribution in [0.4, 0.5) is 0 Å². The first-order chi connectivity index (χ1) is 27.0. The molecule has 1 aromatic rings. The number of aliphatic hydroxyl groups excluding tert-OH is 2. The van der Waals surface area contributed by atoms with Crippen LogP contribution in [-0.2, 0) is 54.3 Å². The molecule has 0 spiro atoms. The number of aliphatic hydroxyl groups is 2. The number of hydrogen-bond donors (Lipinski definition) is 4. The highest BCUT2D eigenvalue weighted by atomic mass is 16.8. The lowest BCUT2D eigenvalue weighted by Crippen LogP contribution is -2.71. The Morgan fingerprint density at radius 2 is 1.72 bits per heavy atom. The normalized spacial score (nSPS) is 30.5. The third-order valence-electron chi connectivity index (χ3n) is 11.9. The number of carbonyl (C=O) groups excluding carboxylic acids is 5. The Bertz CT molecular complexity index is 1760. The van der Waals surface area contributed by atoms with E-state index in [-0.39, 0.29) is 43.6 Å². The number of amides is 3. The number of carbonyl (C=O) groups is 5. The summed E-state index contributed by atoms with van der Waals surface area (Å²) in [7, 11) is 3.30. The number of hydroxylamine groups is 2. The van der Waals surface area contributed by atoms with Crippen molar-refractivity contribution in [1.82, 2.24) is 20.6 Å². The van der Waals surface area contributed by atoms with Gasteiger partial charge in [-0.05, 0) is 77.0 Å². The van der Waals surface area contributed by atoms with Gasteiger partial charge in [-0.2, -0.15) is 5.06 Å². The number of ether oxygens (including phenoxy) is 4. The molecule has 3 aliphatic carbocycles. The van der Waals surface area contributed by atoms with Crippen LogP contribution in [-0.4, -0.2) is 131 Å². The van der Waals surface area contributed by atoms with Gasteiger partial charge in [-0.15, -0.1) is 0 Å². The minimum Gasteiger partial charge on any atom is -0.460 e. The minimum absolute atomic E-state index is 0.00847. The van der Waals surface area contributed by atoms with E-state index >= 15 is 4.79 Å². The van der Waals surface area contributed by atoms with Gasteiger partial charge < -0.3 is 44.7 Å². The molecule has 16 heteroatoms. The molecule has 9 unspecified atom stereocenters. The van der Waals surface area contributed by atoms with Crippen molar-refractivity contribution >= 4 is 35.7 Å². The second-order valence-electron chi connectivity index (χ2n) is 17.6. The average Bonchev–Trinajstić information content (AvgIpc) is 4.09. The van der Waals surface area contributed by atoms with Crippen molar-refractivity contribution in [2.24, 2.45) is 17.3 Å². The molecule has 16 nitrogen and oxygen atoms in total. The van der Waals surface area contributed by atoms with E-state index in [9.17, 15) is 29.4 Å². The van der Waals surface area contributed by atoms with Gasteiger partial charge >= 0.3 is 11.9 Å². The van der Waals surface area contributed by atoms with Gasteiger partial charge in [0.2, 0.25) is 17.7 Å². The lowest BCUT2D eigenvalue weighted by atomic mass is 9.62. The molecule has 3 aliphatic heterocycles. The third-order valence-corrected chi connectivity index (χ3v) is 11.9. The Morgan fingerprint density at radius 1 is 1.05 bits per heavy atom. The summed E-state index contributed by atoms with van der Waals surface area (Å²) in [5.74, 6) is -3.44. The number of esters is 2. The van der Waals surface area contributed by atoms with Gasteiger partial charge in [-0.1, -0.05) is 24.3 Å². The van der Waals surface area contributed by atoms with Crippen molar-refractivity contribution in [2.45, 2.75) is 139 Å². The second kappa shape index (κ2) is 15.7. The van der Waals surface area contributed by atoms with E-state index in [1.165, 1.54) is 23.0 Å². The molecule has 3 heterocycles. The summed E-state index contributed by atoms with van der Waals surface area (Å²) in [4.78, 5) is 76.0. The summed E-state index contributed by atoms with van der Waals surface area (Å²) >= 11 is 0. The number of nitrogens with one attached hydrogen (secondary N) is 2. The molecule has 3 amide bonds. The first-order valence-electron chi connectivity index (χ1n) is 20.1. The number of likely N-dealkylation sites (N-methyl/N-ethyl adjacent to an activating group) is 1. The van der Waals surface area contributed by atoms with Crippen LogP contribution in [0.5, 0.6) is 0 Å². The quantitative estimate of drug-likeness (QED) is 0.147. The molecule has 2 bridgehead atoms. The first kappa shape index (κ1) is 41.2. The summed E-state index contributed by atoms with van der Waals surface area (Å²) in [6.45, 7) is 6.07. The van der Waals surface area contributed by atoms with Crippen LogP contribution < -0.4 is 10.6 Å². The molecule has 3 saturated heterocycles. The Kier molecular flexibility index (Phi) is 11.3. The maximum Gasteiger partial charge on any atom is 0.327 e. The van der Waals surface area contributed by atoms with Gasteiger partial charge in [-0.25, -0.2) is 0 Å². The molecule has 0 radical (unpaired) electrons. The summed E-state index contributed by atoms with van der Waals surface area (Å²) in [6.07, 6.45) is 2.06. The zero-order chi connectivity index (χ0) is 41.0. The molecule has 6 aliphatic rings. The van der Waals surface area contributed by atoms with E-state index < -0.39 is 95.8 Å². The highest BCUT2D eigenvalue weighted by molar-refractivity contribution is 5.96. The smallest absolute Gasteiger partial charge is 0.327 e. The largest absolute Gasteiger partial charge is 0.460 e. The predicted octanol–water partition coefficient (Wildman–Crippen LogP) is 1.35. The Morgan fingerprint density at radius 3 is 2.33 bits per heavy atom. The van der Waals surface area contributed by atoms with Gasteiger partial charge in [-0.3, -0.25) is 28.8 Å². The molecule has 312 valence electrons. The van der Waals surface area contributed by atoms with Crippen LogP contribution in [0.3, 0.4) is 0 Å². The summed E-state index contributed by atoms with van der Waals surface area (Å²) in [5.41, 5.74) is -0.946. The number of benzene rings is 1. The van der Waals surface area contributed by atoms with E-state index in [1.54, 1.807) is 40.9 Å². The van der Waals surface area contributed by atoms with E-state index in [2.05, 4.69) is 10.6 Å². The Balaban J connectivity index is 1.18. The third kappa shape index (κ3) is 8.08. The predicted molar refractivity (Wildman–Crippen MR) is 201 cm³/mol. The molecule has 1 aromatic carbocycles. The summed E-state index contributed by atoms with van der Waals surface area (Å²) < 4.78 is 25.2. The van der Waals surface area contributed by atoms with Crippen molar-refractivity contribution < 1.29 is 58.0 Å². The zero-order valence-electron chi connectivity index (χ0n) is 33.5. The van der Waals surface area contributed by atoms with Crippen molar-refractivity contribution in [3.63, 3.8) is 0 Å². The Labute approximate surface area is 332 Å². The molecule has 57 heavy (non-hydrogen) atoms. The van der Waals surface area contributed by atoms with Crippen molar-refractivity contribution in [2.75, 3.05) is 20.7 Å². The minimum atomic E-state index is -1.64. The highest BCUT2D eigenvalue weighted by Crippen LogP contribution is 2.63. The van der Waals surface area contributed by atoms with Crippen molar-refractivity contribution in [1.29, 1.82) is 0 Å². The second-order valence-corrected chi connectivity index (χ2v) is 17.6. The first-order valence-corrected chi connectivity index (χ1v) is 20.1. The molecule has 3 saturated carbocycles. The Hall–Kier alpha value is -3.93. The average molecular weight is 797 g/mol. The van der Waals surface area contributed by atoms with Gasteiger partial charge in [0.25, 0.3) is 0 Å². The SMILES string of the molecule is CC(O)C(NC(=O)C12CC3OC(=O)C1N(Cc1ccccc1C=CC(=O)N(C)C)OC2C1OC(C2CC2)(C2CC2)OC31)C(=O)NC(CO)CCC(=O)OC(C)(C)C. The van der Waals surface area contributed by atoms with Crippen LogP contribution >= 0.6 is 0 Å². The lowest BCUT2D eigenvalue weighted by molar-refractivity contribution is -0.235. The number of hydrogen-bond acceptors (Lipinski definition) is 13. The maximum atomic E-state index is 15.0. The van der Waals surface area contributed by atoms with Crippen LogP contribution in [0, 0.1) is 17.3 Å². The molecule has 6 fully saturated rings. The summed E-state index contributed by atoms with van der Waals surface area (Å²) in [5, 5.41) is 27.8. The number of rotatable bonds is 15. The van der Waals surface area contributed by atoms with Gasteiger partial charge in [0.05, 0.1) is 25.3 Å².